The van der Waals surface area contributed by atoms with Gasteiger partial charge in [0, 0.05) is 13.0 Å². The van der Waals surface area contributed by atoms with Crippen LogP contribution in [0.1, 0.15) is 25.8 Å². The second-order valence-electron chi connectivity index (χ2n) is 3.99. The van der Waals surface area contributed by atoms with E-state index in [-0.39, 0.29) is 5.91 Å². The molecule has 0 aliphatic rings. The standard InChI is InChI=1S/C12H18N2O/c1-10(2)8-12(15)14-13-9-11-6-4-3-5-7-11/h3-7,10,13H,8-9H2,1-2H3,(H,14,15). The summed E-state index contributed by atoms with van der Waals surface area (Å²) in [6, 6.07) is 9.96. The van der Waals surface area contributed by atoms with Gasteiger partial charge < -0.3 is 0 Å². The molecule has 82 valence electrons. The van der Waals surface area contributed by atoms with Crippen LogP contribution in [0.25, 0.3) is 0 Å². The van der Waals surface area contributed by atoms with Gasteiger partial charge in [0.25, 0.3) is 0 Å². The van der Waals surface area contributed by atoms with E-state index in [0.717, 1.165) is 5.56 Å². The number of carbonyl (C=O) groups is 1. The summed E-state index contributed by atoms with van der Waals surface area (Å²) in [5, 5.41) is 0. The lowest BCUT2D eigenvalue weighted by Crippen LogP contribution is -2.37. The smallest absolute Gasteiger partial charge is 0.234 e. The van der Waals surface area contributed by atoms with E-state index in [9.17, 15) is 4.79 Å². The summed E-state index contributed by atoms with van der Waals surface area (Å²) in [5.74, 6) is 0.435. The third-order valence-corrected chi connectivity index (χ3v) is 1.96. The van der Waals surface area contributed by atoms with Gasteiger partial charge in [-0.1, -0.05) is 44.2 Å². The molecule has 0 aliphatic heterocycles. The van der Waals surface area contributed by atoms with Crippen molar-refractivity contribution >= 4 is 5.91 Å². The van der Waals surface area contributed by atoms with Crippen LogP contribution in [0.4, 0.5) is 0 Å². The van der Waals surface area contributed by atoms with Gasteiger partial charge in [-0.3, -0.25) is 10.2 Å². The Morgan fingerprint density at radius 3 is 2.53 bits per heavy atom. The van der Waals surface area contributed by atoms with Gasteiger partial charge in [-0.2, -0.15) is 0 Å². The summed E-state index contributed by atoms with van der Waals surface area (Å²) in [5.41, 5.74) is 6.74. The molecule has 0 aliphatic carbocycles. The molecule has 1 rings (SSSR count). The number of hydrogen-bond donors (Lipinski definition) is 2. The minimum Gasteiger partial charge on any atom is -0.291 e. The van der Waals surface area contributed by atoms with Gasteiger partial charge >= 0.3 is 0 Å². The Kier molecular flexibility index (Phi) is 4.84. The fourth-order valence-corrected chi connectivity index (χ4v) is 1.26. The fourth-order valence-electron chi connectivity index (χ4n) is 1.26. The predicted molar refractivity (Wildman–Crippen MR) is 60.9 cm³/mol. The maximum absolute atomic E-state index is 11.3. The van der Waals surface area contributed by atoms with Crippen molar-refractivity contribution in [3.05, 3.63) is 35.9 Å². The Balaban J connectivity index is 2.19. The van der Waals surface area contributed by atoms with E-state index < -0.39 is 0 Å². The van der Waals surface area contributed by atoms with Crippen LogP contribution in [0.2, 0.25) is 0 Å². The molecule has 1 amide bonds. The van der Waals surface area contributed by atoms with E-state index in [0.29, 0.717) is 18.9 Å². The molecule has 0 saturated carbocycles. The maximum Gasteiger partial charge on any atom is 0.234 e. The van der Waals surface area contributed by atoms with E-state index in [2.05, 4.69) is 10.9 Å². The van der Waals surface area contributed by atoms with E-state index in [1.165, 1.54) is 0 Å². The van der Waals surface area contributed by atoms with E-state index in [4.69, 9.17) is 0 Å². The Bertz CT molecular complexity index is 296. The zero-order valence-electron chi connectivity index (χ0n) is 9.29. The largest absolute Gasteiger partial charge is 0.291 e. The number of amides is 1. The maximum atomic E-state index is 11.3. The number of nitrogens with one attached hydrogen (secondary N) is 2. The summed E-state index contributed by atoms with van der Waals surface area (Å²) in [4.78, 5) is 11.3. The van der Waals surface area contributed by atoms with E-state index in [1.54, 1.807) is 0 Å². The lowest BCUT2D eigenvalue weighted by atomic mass is 10.1. The molecule has 2 N–H and O–H groups in total. The highest BCUT2D eigenvalue weighted by atomic mass is 16.2. The van der Waals surface area contributed by atoms with Gasteiger partial charge in [0.1, 0.15) is 0 Å². The zero-order valence-corrected chi connectivity index (χ0v) is 9.29. The predicted octanol–water partition coefficient (Wildman–Crippen LogP) is 1.85. The van der Waals surface area contributed by atoms with Gasteiger partial charge in [0.05, 0.1) is 0 Å². The van der Waals surface area contributed by atoms with Crippen molar-refractivity contribution in [1.29, 1.82) is 0 Å². The highest BCUT2D eigenvalue weighted by Gasteiger charge is 2.02. The van der Waals surface area contributed by atoms with Crippen LogP contribution in [0.15, 0.2) is 30.3 Å². The van der Waals surface area contributed by atoms with Gasteiger partial charge in [-0.05, 0) is 11.5 Å². The quantitative estimate of drug-likeness (QED) is 0.722. The first kappa shape index (κ1) is 11.7. The summed E-state index contributed by atoms with van der Waals surface area (Å²) in [6.45, 7) is 4.71. The Morgan fingerprint density at radius 2 is 1.93 bits per heavy atom. The number of rotatable bonds is 5. The normalized spacial score (nSPS) is 10.3. The van der Waals surface area contributed by atoms with E-state index in [1.807, 2.05) is 44.2 Å². The van der Waals surface area contributed by atoms with Crippen molar-refractivity contribution in [2.45, 2.75) is 26.8 Å². The molecule has 0 heterocycles. The van der Waals surface area contributed by atoms with Gasteiger partial charge in [0.15, 0.2) is 0 Å². The number of hydrazine groups is 1. The minimum absolute atomic E-state index is 0.0425. The second kappa shape index (κ2) is 6.19. The minimum atomic E-state index is 0.0425. The molecular formula is C12H18N2O. The van der Waals surface area contributed by atoms with Crippen molar-refractivity contribution in [3.8, 4) is 0 Å². The molecule has 0 spiro atoms. The second-order valence-corrected chi connectivity index (χ2v) is 3.99. The molecule has 3 nitrogen and oxygen atoms in total. The van der Waals surface area contributed by atoms with Crippen LogP contribution >= 0.6 is 0 Å². The van der Waals surface area contributed by atoms with Crippen LogP contribution < -0.4 is 10.9 Å². The highest BCUT2D eigenvalue weighted by Crippen LogP contribution is 1.98. The first-order valence-electron chi connectivity index (χ1n) is 5.24. The Labute approximate surface area is 90.9 Å². The van der Waals surface area contributed by atoms with Crippen LogP contribution in [0, 0.1) is 5.92 Å². The molecule has 15 heavy (non-hydrogen) atoms. The first-order chi connectivity index (χ1) is 7.18. The number of hydrogen-bond acceptors (Lipinski definition) is 2. The summed E-state index contributed by atoms with van der Waals surface area (Å²) in [7, 11) is 0. The third kappa shape index (κ3) is 5.18. The summed E-state index contributed by atoms with van der Waals surface area (Å²) >= 11 is 0. The van der Waals surface area contributed by atoms with Crippen molar-refractivity contribution in [3.63, 3.8) is 0 Å². The molecule has 1 aromatic rings. The first-order valence-corrected chi connectivity index (χ1v) is 5.24. The lowest BCUT2D eigenvalue weighted by Gasteiger charge is -2.08. The molecule has 0 aromatic heterocycles. The Hall–Kier alpha value is -1.35. The number of carbonyl (C=O) groups excluding carboxylic acids is 1. The molecule has 0 radical (unpaired) electrons. The number of benzene rings is 1. The third-order valence-electron chi connectivity index (χ3n) is 1.96. The van der Waals surface area contributed by atoms with Gasteiger partial charge in [0.2, 0.25) is 5.91 Å². The zero-order chi connectivity index (χ0) is 11.1. The monoisotopic (exact) mass is 206 g/mol. The van der Waals surface area contributed by atoms with Crippen molar-refractivity contribution < 1.29 is 4.79 Å². The molecular weight excluding hydrogens is 188 g/mol. The highest BCUT2D eigenvalue weighted by molar-refractivity contribution is 5.75. The molecule has 0 bridgehead atoms. The van der Waals surface area contributed by atoms with Gasteiger partial charge in [-0.25, -0.2) is 5.43 Å². The molecule has 0 unspecified atom stereocenters. The molecule has 0 atom stereocenters. The summed E-state index contributed by atoms with van der Waals surface area (Å²) in [6.07, 6.45) is 0.557. The van der Waals surface area contributed by atoms with Gasteiger partial charge in [-0.15, -0.1) is 0 Å². The molecule has 0 fully saturated rings. The van der Waals surface area contributed by atoms with Crippen molar-refractivity contribution in [1.82, 2.24) is 10.9 Å². The average molecular weight is 206 g/mol. The molecule has 0 saturated heterocycles. The van der Waals surface area contributed by atoms with E-state index >= 15 is 0 Å². The fraction of sp³-hybridized carbons (Fsp3) is 0.417. The van der Waals surface area contributed by atoms with Crippen LogP contribution in [0.3, 0.4) is 0 Å². The lowest BCUT2D eigenvalue weighted by molar-refractivity contribution is -0.122. The van der Waals surface area contributed by atoms with Crippen molar-refractivity contribution in [2.75, 3.05) is 0 Å². The molecule has 3 heteroatoms. The van der Waals surface area contributed by atoms with Crippen LogP contribution in [-0.4, -0.2) is 5.91 Å². The summed E-state index contributed by atoms with van der Waals surface area (Å²) < 4.78 is 0. The topological polar surface area (TPSA) is 41.1 Å². The average Bonchev–Trinajstić information content (AvgIpc) is 2.18. The van der Waals surface area contributed by atoms with Crippen LogP contribution in [0.5, 0.6) is 0 Å². The molecule has 1 aromatic carbocycles. The Morgan fingerprint density at radius 1 is 1.27 bits per heavy atom. The van der Waals surface area contributed by atoms with Crippen LogP contribution in [-0.2, 0) is 11.3 Å². The SMILES string of the molecule is CC(C)CC(=O)NNCc1ccccc1. The van der Waals surface area contributed by atoms with Crippen molar-refractivity contribution in [2.24, 2.45) is 5.92 Å².